The lowest BCUT2D eigenvalue weighted by molar-refractivity contribution is 0.726. The van der Waals surface area contributed by atoms with Crippen LogP contribution in [0.5, 0.6) is 0 Å². The second-order valence-electron chi connectivity index (χ2n) is 5.64. The zero-order chi connectivity index (χ0) is 16.2. The predicted molar refractivity (Wildman–Crippen MR) is 96.9 cm³/mol. The molecule has 23 heavy (non-hydrogen) atoms. The summed E-state index contributed by atoms with van der Waals surface area (Å²) in [6.45, 7) is 1.95. The molecule has 2 heterocycles. The summed E-state index contributed by atoms with van der Waals surface area (Å²) in [6, 6.07) is 5.24. The maximum Gasteiger partial charge on any atom is 0.159 e. The molecular formula is C16H19Cl2N5. The van der Waals surface area contributed by atoms with Crippen molar-refractivity contribution in [1.29, 1.82) is 0 Å². The number of rotatable bonds is 3. The van der Waals surface area contributed by atoms with Gasteiger partial charge in [-0.1, -0.05) is 36.0 Å². The first kappa shape index (κ1) is 16.1. The van der Waals surface area contributed by atoms with Gasteiger partial charge >= 0.3 is 0 Å². The molecule has 7 heteroatoms. The monoisotopic (exact) mass is 351 g/mol. The van der Waals surface area contributed by atoms with Crippen molar-refractivity contribution in [3.05, 3.63) is 34.6 Å². The number of halogens is 2. The molecule has 1 aliphatic heterocycles. The molecule has 0 aliphatic carbocycles. The zero-order valence-corrected chi connectivity index (χ0v) is 14.2. The quantitative estimate of drug-likeness (QED) is 0.852. The highest BCUT2D eigenvalue weighted by atomic mass is 35.5. The topological polar surface area (TPSA) is 67.1 Å². The first-order valence-corrected chi connectivity index (χ1v) is 8.47. The average Bonchev–Trinajstić information content (AvgIpc) is 2.77. The molecule has 0 saturated carbocycles. The molecule has 1 fully saturated rings. The number of nitrogen functional groups attached to an aromatic ring is 1. The van der Waals surface area contributed by atoms with Crippen LogP contribution in [-0.2, 0) is 0 Å². The van der Waals surface area contributed by atoms with E-state index < -0.39 is 0 Å². The van der Waals surface area contributed by atoms with E-state index in [1.165, 1.54) is 19.2 Å². The van der Waals surface area contributed by atoms with Crippen LogP contribution >= 0.6 is 23.2 Å². The van der Waals surface area contributed by atoms with Crippen LogP contribution in [-0.4, -0.2) is 23.1 Å². The van der Waals surface area contributed by atoms with Crippen LogP contribution < -0.4 is 16.0 Å². The molecule has 1 saturated heterocycles. The van der Waals surface area contributed by atoms with E-state index in [2.05, 4.69) is 20.2 Å². The lowest BCUT2D eigenvalue weighted by Gasteiger charge is -2.23. The zero-order valence-electron chi connectivity index (χ0n) is 12.7. The van der Waals surface area contributed by atoms with Crippen molar-refractivity contribution in [1.82, 2.24) is 9.97 Å². The Hall–Kier alpha value is -1.72. The fraction of sp³-hybridized carbons (Fsp3) is 0.375. The second-order valence-corrected chi connectivity index (χ2v) is 6.52. The summed E-state index contributed by atoms with van der Waals surface area (Å²) in [5, 5.41) is 4.29. The van der Waals surface area contributed by atoms with Gasteiger partial charge < -0.3 is 16.0 Å². The van der Waals surface area contributed by atoms with Crippen molar-refractivity contribution >= 4 is 46.2 Å². The van der Waals surface area contributed by atoms with E-state index >= 15 is 0 Å². The first-order chi connectivity index (χ1) is 11.1. The highest BCUT2D eigenvalue weighted by molar-refractivity contribution is 6.35. The van der Waals surface area contributed by atoms with Gasteiger partial charge in [0, 0.05) is 28.8 Å². The largest absolute Gasteiger partial charge is 0.393 e. The number of hydrogen-bond donors (Lipinski definition) is 2. The molecule has 3 rings (SSSR count). The van der Waals surface area contributed by atoms with Crippen LogP contribution in [0, 0.1) is 0 Å². The SMILES string of the molecule is Nc1c(Nc2cc(Cl)cc(Cl)c2)ncnc1N1CCCCCC1. The molecule has 1 aromatic heterocycles. The van der Waals surface area contributed by atoms with Gasteiger partial charge in [-0.3, -0.25) is 0 Å². The van der Waals surface area contributed by atoms with E-state index in [0.29, 0.717) is 21.6 Å². The molecule has 2 aromatic rings. The number of nitrogens with one attached hydrogen (secondary N) is 1. The minimum absolute atomic E-state index is 0.547. The summed E-state index contributed by atoms with van der Waals surface area (Å²) in [6.07, 6.45) is 6.37. The fourth-order valence-corrected chi connectivity index (χ4v) is 3.31. The third-order valence-electron chi connectivity index (χ3n) is 3.89. The van der Waals surface area contributed by atoms with Gasteiger partial charge in [0.15, 0.2) is 11.6 Å². The normalized spacial score (nSPS) is 15.3. The standard InChI is InChI=1S/C16H19Cl2N5/c17-11-7-12(18)9-13(8-11)22-15-14(19)16(21-10-20-15)23-5-3-1-2-4-6-23/h7-10H,1-6,19H2,(H,20,21,22). The van der Waals surface area contributed by atoms with Gasteiger partial charge in [-0.25, -0.2) is 9.97 Å². The molecule has 1 aromatic carbocycles. The molecule has 0 spiro atoms. The Morgan fingerprint density at radius 3 is 2.26 bits per heavy atom. The summed E-state index contributed by atoms with van der Waals surface area (Å²) in [4.78, 5) is 10.9. The highest BCUT2D eigenvalue weighted by Gasteiger charge is 2.17. The van der Waals surface area contributed by atoms with Gasteiger partial charge in [0.1, 0.15) is 12.0 Å². The Morgan fingerprint density at radius 2 is 1.61 bits per heavy atom. The number of benzene rings is 1. The smallest absolute Gasteiger partial charge is 0.159 e. The third-order valence-corrected chi connectivity index (χ3v) is 4.33. The molecule has 0 radical (unpaired) electrons. The Bertz CT molecular complexity index is 664. The summed E-state index contributed by atoms with van der Waals surface area (Å²) in [7, 11) is 0. The van der Waals surface area contributed by atoms with Gasteiger partial charge in [-0.2, -0.15) is 0 Å². The van der Waals surface area contributed by atoms with Gasteiger partial charge in [0.2, 0.25) is 0 Å². The van der Waals surface area contributed by atoms with Crippen LogP contribution in [0.4, 0.5) is 23.0 Å². The molecule has 122 valence electrons. The molecular weight excluding hydrogens is 333 g/mol. The maximum absolute atomic E-state index is 6.29. The lowest BCUT2D eigenvalue weighted by atomic mass is 10.2. The molecule has 0 unspecified atom stereocenters. The van der Waals surface area contributed by atoms with Crippen molar-refractivity contribution < 1.29 is 0 Å². The lowest BCUT2D eigenvalue weighted by Crippen LogP contribution is -2.26. The van der Waals surface area contributed by atoms with Crippen molar-refractivity contribution in [3.8, 4) is 0 Å². The summed E-state index contributed by atoms with van der Waals surface area (Å²) in [5.41, 5.74) is 7.59. The van der Waals surface area contributed by atoms with Crippen LogP contribution in [0.1, 0.15) is 25.7 Å². The Morgan fingerprint density at radius 1 is 0.957 bits per heavy atom. The van der Waals surface area contributed by atoms with Crippen LogP contribution in [0.3, 0.4) is 0 Å². The summed E-state index contributed by atoms with van der Waals surface area (Å²) < 4.78 is 0. The summed E-state index contributed by atoms with van der Waals surface area (Å²) >= 11 is 12.1. The minimum atomic E-state index is 0.547. The molecule has 3 N–H and O–H groups in total. The predicted octanol–water partition coefficient (Wildman–Crippen LogP) is 4.49. The van der Waals surface area contributed by atoms with Gasteiger partial charge in [0.25, 0.3) is 0 Å². The van der Waals surface area contributed by atoms with Crippen LogP contribution in [0.25, 0.3) is 0 Å². The number of aromatic nitrogens is 2. The fourth-order valence-electron chi connectivity index (χ4n) is 2.78. The van der Waals surface area contributed by atoms with E-state index in [1.54, 1.807) is 18.2 Å². The van der Waals surface area contributed by atoms with Gasteiger partial charge in [0.05, 0.1) is 0 Å². The van der Waals surface area contributed by atoms with Crippen molar-refractivity contribution in [2.45, 2.75) is 25.7 Å². The third kappa shape index (κ3) is 3.98. The Labute approximate surface area is 145 Å². The second kappa shape index (κ2) is 7.23. The number of nitrogens with two attached hydrogens (primary N) is 1. The highest BCUT2D eigenvalue weighted by Crippen LogP contribution is 2.31. The van der Waals surface area contributed by atoms with Crippen molar-refractivity contribution in [2.75, 3.05) is 29.0 Å². The van der Waals surface area contributed by atoms with Crippen LogP contribution in [0.15, 0.2) is 24.5 Å². The van der Waals surface area contributed by atoms with E-state index in [9.17, 15) is 0 Å². The first-order valence-electron chi connectivity index (χ1n) is 7.72. The summed E-state index contributed by atoms with van der Waals surface area (Å²) in [5.74, 6) is 1.36. The average molecular weight is 352 g/mol. The molecule has 0 bridgehead atoms. The van der Waals surface area contributed by atoms with Gasteiger partial charge in [-0.15, -0.1) is 0 Å². The molecule has 5 nitrogen and oxygen atoms in total. The number of hydrogen-bond acceptors (Lipinski definition) is 5. The Kier molecular flexibility index (Phi) is 5.08. The van der Waals surface area contributed by atoms with E-state index in [-0.39, 0.29) is 0 Å². The van der Waals surface area contributed by atoms with Crippen LogP contribution in [0.2, 0.25) is 10.0 Å². The Balaban J connectivity index is 1.86. The van der Waals surface area contributed by atoms with Gasteiger partial charge in [-0.05, 0) is 31.0 Å². The van der Waals surface area contributed by atoms with E-state index in [1.807, 2.05) is 0 Å². The van der Waals surface area contributed by atoms with Crippen molar-refractivity contribution in [3.63, 3.8) is 0 Å². The van der Waals surface area contributed by atoms with E-state index in [0.717, 1.165) is 37.4 Å². The molecule has 0 atom stereocenters. The van der Waals surface area contributed by atoms with Crippen molar-refractivity contribution in [2.24, 2.45) is 0 Å². The molecule has 0 amide bonds. The number of anilines is 4. The maximum atomic E-state index is 6.29. The molecule has 1 aliphatic rings. The van der Waals surface area contributed by atoms with E-state index in [4.69, 9.17) is 28.9 Å². The number of nitrogens with zero attached hydrogens (tertiary/aromatic N) is 3. The minimum Gasteiger partial charge on any atom is -0.393 e.